The summed E-state index contributed by atoms with van der Waals surface area (Å²) in [5, 5.41) is 7.02. The van der Waals surface area contributed by atoms with E-state index in [-0.39, 0.29) is 43.3 Å². The van der Waals surface area contributed by atoms with Crippen LogP contribution >= 0.6 is 23.2 Å². The Labute approximate surface area is 143 Å². The van der Waals surface area contributed by atoms with Crippen LogP contribution in [0, 0.1) is 0 Å². The van der Waals surface area contributed by atoms with Crippen LogP contribution in [0.2, 0.25) is 10.0 Å². The summed E-state index contributed by atoms with van der Waals surface area (Å²) in [5.41, 5.74) is 1.02. The fraction of sp³-hybridized carbons (Fsp3) is 0.0909. The van der Waals surface area contributed by atoms with Crippen molar-refractivity contribution in [1.82, 2.24) is 10.2 Å². The van der Waals surface area contributed by atoms with E-state index >= 15 is 0 Å². The molecule has 0 spiro atoms. The summed E-state index contributed by atoms with van der Waals surface area (Å²) in [7, 11) is 1.49. The molecule has 0 atom stereocenters. The van der Waals surface area contributed by atoms with Gasteiger partial charge >= 0.3 is 0 Å². The summed E-state index contributed by atoms with van der Waals surface area (Å²) in [6.45, 7) is 0. The molecule has 2 rings (SSSR count). The smallest absolute Gasteiger partial charge is 0.264 e. The third kappa shape index (κ3) is 3.39. The van der Waals surface area contributed by atoms with Crippen LogP contribution in [0.15, 0.2) is 29.1 Å². The molecule has 2 radical (unpaired) electrons. The van der Waals surface area contributed by atoms with Crippen molar-refractivity contribution in [3.05, 3.63) is 44.7 Å². The number of nitrogens with zero attached hydrogens (tertiary/aromatic N) is 1. The molecule has 0 aliphatic carbocycles. The molecule has 18 heavy (non-hydrogen) atoms. The van der Waals surface area contributed by atoms with Gasteiger partial charge < -0.3 is 4.74 Å². The molecule has 7 heteroatoms. The molecule has 1 N–H and O–H groups in total. The second-order valence-corrected chi connectivity index (χ2v) is 4.09. The zero-order valence-corrected chi connectivity index (χ0v) is 13.3. The van der Waals surface area contributed by atoms with E-state index in [0.29, 0.717) is 27.1 Å². The SMILES string of the molecule is COc1c(Cl)cc(-c2ccc(=O)[nH]n2)cc1Cl.[Ca]. The fourth-order valence-corrected chi connectivity index (χ4v) is 2.05. The number of H-pyrrole nitrogens is 1. The van der Waals surface area contributed by atoms with Gasteiger partial charge in [0.15, 0.2) is 5.75 Å². The van der Waals surface area contributed by atoms with Crippen LogP contribution in [0.3, 0.4) is 0 Å². The molecular formula is C11H8CaCl2N2O2. The van der Waals surface area contributed by atoms with Crippen LogP contribution in [0.25, 0.3) is 11.3 Å². The van der Waals surface area contributed by atoms with Crippen molar-refractivity contribution in [2.75, 3.05) is 7.11 Å². The van der Waals surface area contributed by atoms with E-state index in [1.807, 2.05) is 0 Å². The number of methoxy groups -OCH3 is 1. The van der Waals surface area contributed by atoms with Crippen molar-refractivity contribution in [1.29, 1.82) is 0 Å². The van der Waals surface area contributed by atoms with Crippen molar-refractivity contribution >= 4 is 60.9 Å². The molecule has 0 bridgehead atoms. The molecule has 0 unspecified atom stereocenters. The number of rotatable bonds is 2. The summed E-state index contributed by atoms with van der Waals surface area (Å²) >= 11 is 12.0. The van der Waals surface area contributed by atoms with Crippen LogP contribution in [0.4, 0.5) is 0 Å². The van der Waals surface area contributed by atoms with Gasteiger partial charge in [0.25, 0.3) is 5.56 Å². The van der Waals surface area contributed by atoms with Gasteiger partial charge in [-0.25, -0.2) is 5.10 Å². The first-order valence-corrected chi connectivity index (χ1v) is 5.46. The van der Waals surface area contributed by atoms with E-state index in [1.165, 1.54) is 13.2 Å². The van der Waals surface area contributed by atoms with Gasteiger partial charge in [-0.2, -0.15) is 5.10 Å². The maximum absolute atomic E-state index is 10.9. The van der Waals surface area contributed by atoms with Crippen LogP contribution in [0.5, 0.6) is 5.75 Å². The molecule has 1 aromatic heterocycles. The minimum atomic E-state index is -0.264. The first-order chi connectivity index (χ1) is 8.11. The average Bonchev–Trinajstić information content (AvgIpc) is 2.29. The number of nitrogens with one attached hydrogen (secondary N) is 1. The predicted molar refractivity (Wildman–Crippen MR) is 72.6 cm³/mol. The maximum atomic E-state index is 10.9. The first-order valence-electron chi connectivity index (χ1n) is 4.71. The van der Waals surface area contributed by atoms with Crippen molar-refractivity contribution in [3.63, 3.8) is 0 Å². The molecule has 2 aromatic rings. The topological polar surface area (TPSA) is 55.0 Å². The average molecular weight is 311 g/mol. The van der Waals surface area contributed by atoms with Gasteiger partial charge in [-0.15, -0.1) is 0 Å². The number of hydrogen-bond donors (Lipinski definition) is 1. The number of aromatic nitrogens is 2. The zero-order valence-electron chi connectivity index (χ0n) is 9.54. The van der Waals surface area contributed by atoms with Gasteiger partial charge in [0, 0.05) is 49.4 Å². The van der Waals surface area contributed by atoms with Gasteiger partial charge in [0.2, 0.25) is 0 Å². The van der Waals surface area contributed by atoms with Crippen LogP contribution in [0.1, 0.15) is 0 Å². The third-order valence-corrected chi connectivity index (χ3v) is 2.74. The number of hydrogen-bond acceptors (Lipinski definition) is 3. The second-order valence-electron chi connectivity index (χ2n) is 3.28. The molecule has 0 fully saturated rings. The van der Waals surface area contributed by atoms with Crippen molar-refractivity contribution < 1.29 is 4.74 Å². The number of benzene rings is 1. The van der Waals surface area contributed by atoms with E-state index in [4.69, 9.17) is 27.9 Å². The molecule has 0 aliphatic heterocycles. The molecule has 0 aliphatic rings. The Morgan fingerprint density at radius 2 is 1.83 bits per heavy atom. The van der Waals surface area contributed by atoms with Crippen LogP contribution < -0.4 is 10.3 Å². The Bertz CT molecular complexity index is 573. The standard InChI is InChI=1S/C11H8Cl2N2O2.Ca/c1-17-11-7(12)4-6(5-8(11)13)9-2-3-10(16)15-14-9;/h2-5H,1H3,(H,15,16);. The van der Waals surface area contributed by atoms with Gasteiger partial charge in [0.1, 0.15) is 0 Å². The Kier molecular flexibility index (Phi) is 5.95. The molecule has 1 heterocycles. The van der Waals surface area contributed by atoms with E-state index in [1.54, 1.807) is 18.2 Å². The molecule has 90 valence electrons. The van der Waals surface area contributed by atoms with Gasteiger partial charge in [-0.05, 0) is 18.2 Å². The van der Waals surface area contributed by atoms with E-state index in [9.17, 15) is 4.79 Å². The Morgan fingerprint density at radius 3 is 2.28 bits per heavy atom. The second kappa shape index (κ2) is 6.78. The summed E-state index contributed by atoms with van der Waals surface area (Å²) in [6.07, 6.45) is 0. The Hall–Kier alpha value is -0.260. The molecular weight excluding hydrogens is 303 g/mol. The third-order valence-electron chi connectivity index (χ3n) is 2.18. The Morgan fingerprint density at radius 1 is 1.22 bits per heavy atom. The molecule has 0 saturated carbocycles. The minimum Gasteiger partial charge on any atom is -0.494 e. The van der Waals surface area contributed by atoms with E-state index in [0.717, 1.165) is 0 Å². The monoisotopic (exact) mass is 310 g/mol. The maximum Gasteiger partial charge on any atom is 0.264 e. The van der Waals surface area contributed by atoms with E-state index < -0.39 is 0 Å². The summed E-state index contributed by atoms with van der Waals surface area (Å²) in [5.74, 6) is 0.418. The first kappa shape index (κ1) is 15.8. The number of ether oxygens (including phenoxy) is 1. The molecule has 0 amide bonds. The Balaban J connectivity index is 0.00000162. The van der Waals surface area contributed by atoms with Crippen LogP contribution in [-0.4, -0.2) is 55.0 Å². The number of aromatic amines is 1. The van der Waals surface area contributed by atoms with Crippen molar-refractivity contribution in [2.24, 2.45) is 0 Å². The molecule has 0 saturated heterocycles. The van der Waals surface area contributed by atoms with Gasteiger partial charge in [-0.3, -0.25) is 4.79 Å². The summed E-state index contributed by atoms with van der Waals surface area (Å²) < 4.78 is 5.04. The summed E-state index contributed by atoms with van der Waals surface area (Å²) in [4.78, 5) is 10.9. The normalized spacial score (nSPS) is 9.72. The minimum absolute atomic E-state index is 0. The predicted octanol–water partition coefficient (Wildman–Crippen LogP) is 2.37. The van der Waals surface area contributed by atoms with E-state index in [2.05, 4.69) is 10.2 Å². The molecule has 4 nitrogen and oxygen atoms in total. The largest absolute Gasteiger partial charge is 0.494 e. The fourth-order valence-electron chi connectivity index (χ4n) is 1.41. The zero-order chi connectivity index (χ0) is 12.4. The van der Waals surface area contributed by atoms with Gasteiger partial charge in [-0.1, -0.05) is 23.2 Å². The quantitative estimate of drug-likeness (QED) is 0.866. The number of halogens is 2. The van der Waals surface area contributed by atoms with Crippen molar-refractivity contribution in [2.45, 2.75) is 0 Å². The molecule has 1 aromatic carbocycles. The summed E-state index contributed by atoms with van der Waals surface area (Å²) in [6, 6.07) is 6.32. The van der Waals surface area contributed by atoms with Gasteiger partial charge in [0.05, 0.1) is 22.8 Å². The van der Waals surface area contributed by atoms with Crippen molar-refractivity contribution in [3.8, 4) is 17.0 Å². The van der Waals surface area contributed by atoms with Crippen LogP contribution in [-0.2, 0) is 0 Å².